The number of urea groups is 1. The SMILES string of the molecule is CC(=O)N=C[C@@H]1Cn2nc3c(c2C(=O)N(C)O1)CN(C(=O)Nc1ccc(F)c(C(F)(F)F)c1)[C@H](C)C3. The second kappa shape index (κ2) is 9.33. The standard InChI is InChI=1S/C22H22F4N6O4/c1-11-6-18-15(19-20(34)30(3)36-14(8-27-12(2)33)9-32(19)29-18)10-31(11)21(35)28-13-4-5-17(23)16(7-13)22(24,25)26/h4-5,7-8,11,14H,6,9-10H2,1-3H3,(H,28,35)/t11-,14-/m1/s1. The van der Waals surface area contributed by atoms with Crippen LogP contribution >= 0.6 is 0 Å². The fraction of sp³-hybridized carbons (Fsp3) is 0.409. The Balaban J connectivity index is 1.60. The van der Waals surface area contributed by atoms with E-state index < -0.39 is 47.5 Å². The normalized spacial score (nSPS) is 20.2. The van der Waals surface area contributed by atoms with Crippen molar-refractivity contribution in [2.45, 2.75) is 51.7 Å². The van der Waals surface area contributed by atoms with Crippen LogP contribution in [0, 0.1) is 5.82 Å². The summed E-state index contributed by atoms with van der Waals surface area (Å²) in [6.07, 6.45) is -4.11. The fourth-order valence-electron chi connectivity index (χ4n) is 4.12. The minimum absolute atomic E-state index is 0.0449. The fourth-order valence-corrected chi connectivity index (χ4v) is 4.12. The van der Waals surface area contributed by atoms with Gasteiger partial charge in [-0.3, -0.25) is 19.1 Å². The Bertz CT molecular complexity index is 1260. The third-order valence-corrected chi connectivity index (χ3v) is 5.82. The lowest BCUT2D eigenvalue weighted by atomic mass is 9.99. The highest BCUT2D eigenvalue weighted by Gasteiger charge is 2.38. The van der Waals surface area contributed by atoms with Gasteiger partial charge in [-0.2, -0.15) is 18.3 Å². The first-order chi connectivity index (χ1) is 16.8. The van der Waals surface area contributed by atoms with E-state index in [1.807, 2.05) is 0 Å². The second-order valence-electron chi connectivity index (χ2n) is 8.50. The van der Waals surface area contributed by atoms with Crippen LogP contribution in [-0.2, 0) is 35.3 Å². The lowest BCUT2D eigenvalue weighted by molar-refractivity contribution is -0.140. The average Bonchev–Trinajstić information content (AvgIpc) is 3.07. The van der Waals surface area contributed by atoms with Crippen LogP contribution in [0.15, 0.2) is 23.2 Å². The number of hydrogen-bond donors (Lipinski definition) is 1. The molecule has 2 atom stereocenters. The Kier molecular flexibility index (Phi) is 6.56. The van der Waals surface area contributed by atoms with E-state index in [1.165, 1.54) is 29.8 Å². The minimum Gasteiger partial charge on any atom is -0.317 e. The van der Waals surface area contributed by atoms with Gasteiger partial charge in [-0.25, -0.2) is 19.2 Å². The molecule has 4 amide bonds. The summed E-state index contributed by atoms with van der Waals surface area (Å²) in [6, 6.07) is 1.07. The first-order valence-electron chi connectivity index (χ1n) is 10.9. The molecule has 1 aromatic heterocycles. The summed E-state index contributed by atoms with van der Waals surface area (Å²) in [5, 5.41) is 7.88. The van der Waals surface area contributed by atoms with Crippen molar-refractivity contribution in [1.82, 2.24) is 19.7 Å². The van der Waals surface area contributed by atoms with Crippen LogP contribution in [0.1, 0.15) is 41.2 Å². The van der Waals surface area contributed by atoms with Crippen molar-refractivity contribution in [2.75, 3.05) is 12.4 Å². The van der Waals surface area contributed by atoms with E-state index in [0.29, 0.717) is 23.4 Å². The minimum atomic E-state index is -4.92. The van der Waals surface area contributed by atoms with Crippen LogP contribution in [0.2, 0.25) is 0 Å². The topological polar surface area (TPSA) is 109 Å². The molecular weight excluding hydrogens is 488 g/mol. The monoisotopic (exact) mass is 510 g/mol. The molecule has 192 valence electrons. The molecule has 0 saturated heterocycles. The van der Waals surface area contributed by atoms with Gasteiger partial charge in [0.05, 0.1) is 24.3 Å². The number of nitrogens with zero attached hydrogens (tertiary/aromatic N) is 5. The molecule has 0 bridgehead atoms. The molecule has 1 N–H and O–H groups in total. The van der Waals surface area contributed by atoms with Gasteiger partial charge in [-0.05, 0) is 25.1 Å². The summed E-state index contributed by atoms with van der Waals surface area (Å²) in [5.74, 6) is -2.41. The Hall–Kier alpha value is -3.81. The van der Waals surface area contributed by atoms with Crippen LogP contribution in [0.25, 0.3) is 0 Å². The van der Waals surface area contributed by atoms with Gasteiger partial charge in [-0.1, -0.05) is 0 Å². The molecule has 4 rings (SSSR count). The predicted octanol–water partition coefficient (Wildman–Crippen LogP) is 3.02. The Morgan fingerprint density at radius 3 is 2.69 bits per heavy atom. The number of aromatic nitrogens is 2. The quantitative estimate of drug-likeness (QED) is 0.494. The smallest absolute Gasteiger partial charge is 0.317 e. The summed E-state index contributed by atoms with van der Waals surface area (Å²) in [7, 11) is 1.40. The van der Waals surface area contributed by atoms with Crippen molar-refractivity contribution in [3.63, 3.8) is 0 Å². The largest absolute Gasteiger partial charge is 0.419 e. The van der Waals surface area contributed by atoms with Crippen molar-refractivity contribution in [2.24, 2.45) is 4.99 Å². The van der Waals surface area contributed by atoms with Crippen molar-refractivity contribution >= 4 is 29.7 Å². The zero-order valence-electron chi connectivity index (χ0n) is 19.5. The molecule has 0 spiro atoms. The zero-order valence-corrected chi connectivity index (χ0v) is 19.5. The number of aliphatic imine (C=N–C) groups is 1. The number of nitrogens with one attached hydrogen (secondary N) is 1. The molecule has 36 heavy (non-hydrogen) atoms. The molecule has 1 aromatic carbocycles. The lowest BCUT2D eigenvalue weighted by Gasteiger charge is -2.33. The molecule has 2 aliphatic rings. The maximum atomic E-state index is 13.6. The van der Waals surface area contributed by atoms with Crippen LogP contribution in [-0.4, -0.2) is 63.0 Å². The maximum Gasteiger partial charge on any atom is 0.419 e. The Morgan fingerprint density at radius 2 is 2.03 bits per heavy atom. The van der Waals surface area contributed by atoms with Crippen LogP contribution in [0.5, 0.6) is 0 Å². The maximum absolute atomic E-state index is 13.6. The van der Waals surface area contributed by atoms with E-state index >= 15 is 0 Å². The number of halogens is 4. The number of amides is 4. The molecule has 14 heteroatoms. The summed E-state index contributed by atoms with van der Waals surface area (Å²) < 4.78 is 54.2. The molecule has 0 fully saturated rings. The third kappa shape index (κ3) is 4.94. The molecule has 3 heterocycles. The van der Waals surface area contributed by atoms with Crippen LogP contribution in [0.3, 0.4) is 0 Å². The molecule has 0 aliphatic carbocycles. The molecule has 2 aliphatic heterocycles. The Morgan fingerprint density at radius 1 is 1.31 bits per heavy atom. The number of alkyl halides is 3. The van der Waals surface area contributed by atoms with Gasteiger partial charge in [0.1, 0.15) is 17.6 Å². The molecule has 0 saturated carbocycles. The van der Waals surface area contributed by atoms with Gasteiger partial charge < -0.3 is 10.2 Å². The first-order valence-corrected chi connectivity index (χ1v) is 10.9. The van der Waals surface area contributed by atoms with E-state index in [1.54, 1.807) is 6.92 Å². The van der Waals surface area contributed by atoms with Gasteiger partial charge in [0.25, 0.3) is 5.91 Å². The van der Waals surface area contributed by atoms with Gasteiger partial charge in [0, 0.05) is 43.9 Å². The first kappa shape index (κ1) is 25.3. The highest BCUT2D eigenvalue weighted by Crippen LogP contribution is 2.34. The van der Waals surface area contributed by atoms with Crippen LogP contribution in [0.4, 0.5) is 28.0 Å². The molecule has 2 aromatic rings. The van der Waals surface area contributed by atoms with Crippen LogP contribution < -0.4 is 5.32 Å². The van der Waals surface area contributed by atoms with E-state index in [-0.39, 0.29) is 30.9 Å². The number of fused-ring (bicyclic) bond motifs is 3. The van der Waals surface area contributed by atoms with Gasteiger partial charge in [-0.15, -0.1) is 0 Å². The third-order valence-electron chi connectivity index (χ3n) is 5.82. The molecule has 10 nitrogen and oxygen atoms in total. The number of benzene rings is 1. The summed E-state index contributed by atoms with van der Waals surface area (Å²) in [6.45, 7) is 3.05. The van der Waals surface area contributed by atoms with E-state index in [0.717, 1.165) is 11.1 Å². The van der Waals surface area contributed by atoms with E-state index in [9.17, 15) is 31.9 Å². The number of rotatable bonds is 2. The summed E-state index contributed by atoms with van der Waals surface area (Å²) >= 11 is 0. The van der Waals surface area contributed by atoms with Crippen molar-refractivity contribution in [3.05, 3.63) is 46.5 Å². The van der Waals surface area contributed by atoms with E-state index in [4.69, 9.17) is 4.84 Å². The van der Waals surface area contributed by atoms with Crippen molar-refractivity contribution in [1.29, 1.82) is 0 Å². The predicted molar refractivity (Wildman–Crippen MR) is 117 cm³/mol. The number of carbonyl (C=O) groups excluding carboxylic acids is 3. The number of hydrogen-bond acceptors (Lipinski definition) is 5. The summed E-state index contributed by atoms with van der Waals surface area (Å²) in [5.41, 5.74) is -0.460. The zero-order chi connectivity index (χ0) is 26.4. The molecule has 0 unspecified atom stereocenters. The second-order valence-corrected chi connectivity index (χ2v) is 8.50. The number of carbonyl (C=O) groups is 3. The average molecular weight is 510 g/mol. The molecule has 0 radical (unpaired) electrons. The van der Waals surface area contributed by atoms with Gasteiger partial charge in [0.15, 0.2) is 0 Å². The molecular formula is C22H22F4N6O4. The highest BCUT2D eigenvalue weighted by molar-refractivity contribution is 5.95. The Labute approximate surface area is 202 Å². The van der Waals surface area contributed by atoms with Crippen molar-refractivity contribution in [3.8, 4) is 0 Å². The van der Waals surface area contributed by atoms with Crippen molar-refractivity contribution < 1.29 is 36.8 Å². The summed E-state index contributed by atoms with van der Waals surface area (Å²) in [4.78, 5) is 47.8. The highest BCUT2D eigenvalue weighted by atomic mass is 19.4. The van der Waals surface area contributed by atoms with E-state index in [2.05, 4.69) is 15.4 Å². The van der Waals surface area contributed by atoms with Gasteiger partial charge >= 0.3 is 12.2 Å². The number of hydroxylamine groups is 2. The lowest BCUT2D eigenvalue weighted by Crippen LogP contribution is -2.45. The van der Waals surface area contributed by atoms with Gasteiger partial charge in [0.2, 0.25) is 5.91 Å². The number of anilines is 1.